The van der Waals surface area contributed by atoms with Crippen molar-refractivity contribution < 1.29 is 28.7 Å². The van der Waals surface area contributed by atoms with Gasteiger partial charge in [0.05, 0.1) is 48.4 Å². The first-order valence-corrected chi connectivity index (χ1v) is 21.6. The molecule has 3 fully saturated rings. The number of benzene rings is 4. The van der Waals surface area contributed by atoms with E-state index in [0.717, 1.165) is 105 Å². The van der Waals surface area contributed by atoms with Crippen LogP contribution in [0.25, 0.3) is 54.7 Å². The number of alkyl carbamates (subject to hydrolysis) is 2. The first-order chi connectivity index (χ1) is 29.4. The van der Waals surface area contributed by atoms with Gasteiger partial charge in [0.1, 0.15) is 23.7 Å². The van der Waals surface area contributed by atoms with Crippen molar-refractivity contribution in [2.45, 2.75) is 96.4 Å². The number of aromatic amines is 2. The third-order valence-electron chi connectivity index (χ3n) is 13.3. The molecule has 1 aliphatic carbocycles. The highest BCUT2D eigenvalue weighted by Crippen LogP contribution is 2.48. The van der Waals surface area contributed by atoms with Gasteiger partial charge in [-0.3, -0.25) is 9.59 Å². The summed E-state index contributed by atoms with van der Waals surface area (Å²) >= 11 is 0. The smallest absolute Gasteiger partial charge is 0.407 e. The quantitative estimate of drug-likeness (QED) is 0.113. The molecule has 318 valence electrons. The van der Waals surface area contributed by atoms with E-state index in [2.05, 4.69) is 75.2 Å². The average molecular weight is 827 g/mol. The lowest BCUT2D eigenvalue weighted by Crippen LogP contribution is -2.53. The Bertz CT molecular complexity index is 2690. The average Bonchev–Trinajstić information content (AvgIpc) is 4.11. The van der Waals surface area contributed by atoms with Crippen molar-refractivity contribution in [1.82, 2.24) is 40.4 Å². The van der Waals surface area contributed by atoms with Crippen molar-refractivity contribution >= 4 is 67.6 Å². The van der Waals surface area contributed by atoms with E-state index >= 15 is 0 Å². The molecular formula is C47H54N8O6. The number of ether oxygens (including phenoxy) is 2. The summed E-state index contributed by atoms with van der Waals surface area (Å²) in [5.41, 5.74) is 5.70. The Hall–Kier alpha value is -6.18. The van der Waals surface area contributed by atoms with Gasteiger partial charge in [0, 0.05) is 23.4 Å². The number of amides is 4. The molecule has 3 aliphatic rings. The zero-order valence-corrected chi connectivity index (χ0v) is 35.6. The molecule has 4 N–H and O–H groups in total. The van der Waals surface area contributed by atoms with E-state index in [1.54, 1.807) is 0 Å². The van der Waals surface area contributed by atoms with Crippen LogP contribution in [-0.2, 0) is 19.1 Å². The molecule has 0 bridgehead atoms. The normalized spacial score (nSPS) is 21.2. The fourth-order valence-corrected chi connectivity index (χ4v) is 10.2. The van der Waals surface area contributed by atoms with Crippen LogP contribution in [0.5, 0.6) is 0 Å². The zero-order valence-electron chi connectivity index (χ0n) is 35.6. The van der Waals surface area contributed by atoms with Crippen LogP contribution >= 0.6 is 0 Å². The summed E-state index contributed by atoms with van der Waals surface area (Å²) < 4.78 is 9.68. The minimum Gasteiger partial charge on any atom is -0.453 e. The number of fused-ring (bicyclic) bond motifs is 7. The Morgan fingerprint density at radius 2 is 1.21 bits per heavy atom. The maximum atomic E-state index is 14.3. The Kier molecular flexibility index (Phi) is 10.6. The van der Waals surface area contributed by atoms with Gasteiger partial charge < -0.3 is 39.9 Å². The van der Waals surface area contributed by atoms with Crippen LogP contribution in [0.4, 0.5) is 9.59 Å². The van der Waals surface area contributed by atoms with Crippen LogP contribution in [-0.4, -0.2) is 92.6 Å². The Morgan fingerprint density at radius 3 is 1.75 bits per heavy atom. The highest BCUT2D eigenvalue weighted by Gasteiger charge is 2.49. The Labute approximate surface area is 354 Å². The van der Waals surface area contributed by atoms with Gasteiger partial charge in [-0.15, -0.1) is 0 Å². The highest BCUT2D eigenvalue weighted by atomic mass is 16.5. The molecule has 0 radical (unpaired) electrons. The van der Waals surface area contributed by atoms with E-state index in [1.165, 1.54) is 14.2 Å². The van der Waals surface area contributed by atoms with Crippen LogP contribution in [0.3, 0.4) is 0 Å². The summed E-state index contributed by atoms with van der Waals surface area (Å²) in [5, 5.41) is 9.68. The van der Waals surface area contributed by atoms with Crippen molar-refractivity contribution in [2.24, 2.45) is 17.8 Å². The minimum absolute atomic E-state index is 0.0859. The number of aromatic nitrogens is 4. The second kappa shape index (κ2) is 16.0. The summed E-state index contributed by atoms with van der Waals surface area (Å²) in [5.74, 6) is 1.47. The van der Waals surface area contributed by atoms with Crippen LogP contribution < -0.4 is 10.6 Å². The first kappa shape index (κ1) is 40.2. The molecule has 2 aromatic heterocycles. The topological polar surface area (TPSA) is 175 Å². The molecule has 0 spiro atoms. The number of imidazole rings is 2. The van der Waals surface area contributed by atoms with Crippen molar-refractivity contribution in [3.05, 3.63) is 72.3 Å². The van der Waals surface area contributed by atoms with Crippen LogP contribution in [0.2, 0.25) is 0 Å². The second-order valence-corrected chi connectivity index (χ2v) is 17.7. The molecular weight excluding hydrogens is 773 g/mol. The summed E-state index contributed by atoms with van der Waals surface area (Å²) in [6.45, 7) is 8.30. The third-order valence-corrected chi connectivity index (χ3v) is 13.3. The van der Waals surface area contributed by atoms with E-state index in [1.807, 2.05) is 43.6 Å². The number of hydrogen-bond donors (Lipinski definition) is 4. The van der Waals surface area contributed by atoms with E-state index in [9.17, 15) is 19.2 Å². The van der Waals surface area contributed by atoms with E-state index in [-0.39, 0.29) is 41.8 Å². The Morgan fingerprint density at radius 1 is 0.672 bits per heavy atom. The molecule has 4 aromatic carbocycles. The largest absolute Gasteiger partial charge is 0.453 e. The lowest BCUT2D eigenvalue weighted by Gasteiger charge is -2.33. The molecule has 6 atom stereocenters. The molecule has 4 amide bonds. The predicted molar refractivity (Wildman–Crippen MR) is 234 cm³/mol. The number of H-pyrrole nitrogens is 2. The number of nitrogens with zero attached hydrogens (tertiary/aromatic N) is 4. The lowest BCUT2D eigenvalue weighted by molar-refractivity contribution is -0.138. The van der Waals surface area contributed by atoms with Crippen molar-refractivity contribution in [3.63, 3.8) is 0 Å². The van der Waals surface area contributed by atoms with Crippen LogP contribution in [0, 0.1) is 17.8 Å². The van der Waals surface area contributed by atoms with Crippen LogP contribution in [0.15, 0.2) is 60.7 Å². The molecule has 4 heterocycles. The fraction of sp³-hybridized carbons (Fsp3) is 0.447. The number of carbonyl (C=O) groups is 4. The zero-order chi connectivity index (χ0) is 42.7. The molecule has 2 saturated heterocycles. The van der Waals surface area contributed by atoms with E-state index in [0.29, 0.717) is 12.5 Å². The number of hydrogen-bond acceptors (Lipinski definition) is 8. The van der Waals surface area contributed by atoms with Gasteiger partial charge in [0.25, 0.3) is 0 Å². The van der Waals surface area contributed by atoms with Crippen molar-refractivity contribution in [1.29, 1.82) is 0 Å². The summed E-state index contributed by atoms with van der Waals surface area (Å²) in [6.07, 6.45) is 4.34. The molecule has 61 heavy (non-hydrogen) atoms. The first-order valence-electron chi connectivity index (χ1n) is 21.6. The SMILES string of the molecule is COC(=O)N[C@H](C(=O)N1CCC[C@H]1c1nc2c(ccc3cc(-c4ccc5c(ccc6[nH]c([C@@H]7C[C@@H]8CCC[C@@H]8N7C(=O)[C@@H](NC(=O)OC)C(C)C)nc65)c4)ccc32)[nH]1)C(C)C. The van der Waals surface area contributed by atoms with E-state index in [4.69, 9.17) is 19.4 Å². The molecule has 2 aliphatic heterocycles. The second-order valence-electron chi connectivity index (χ2n) is 17.7. The van der Waals surface area contributed by atoms with Gasteiger partial charge in [-0.05, 0) is 96.0 Å². The molecule has 9 rings (SSSR count). The lowest BCUT2D eigenvalue weighted by atomic mass is 9.98. The Balaban J connectivity index is 0.988. The van der Waals surface area contributed by atoms with Crippen molar-refractivity contribution in [2.75, 3.05) is 20.8 Å². The van der Waals surface area contributed by atoms with Crippen LogP contribution in [0.1, 0.15) is 90.0 Å². The fourth-order valence-electron chi connectivity index (χ4n) is 10.2. The summed E-state index contributed by atoms with van der Waals surface area (Å²) in [6, 6.07) is 19.5. The van der Waals surface area contributed by atoms with Gasteiger partial charge >= 0.3 is 12.2 Å². The van der Waals surface area contributed by atoms with Gasteiger partial charge in [-0.25, -0.2) is 19.6 Å². The van der Waals surface area contributed by atoms with Gasteiger partial charge in [-0.1, -0.05) is 70.5 Å². The minimum atomic E-state index is -0.698. The molecule has 0 unspecified atom stereocenters. The molecule has 6 aromatic rings. The van der Waals surface area contributed by atoms with Gasteiger partial charge in [-0.2, -0.15) is 0 Å². The summed E-state index contributed by atoms with van der Waals surface area (Å²) in [4.78, 5) is 73.6. The number of nitrogens with one attached hydrogen (secondary N) is 4. The highest BCUT2D eigenvalue weighted by molar-refractivity contribution is 6.07. The van der Waals surface area contributed by atoms with Crippen molar-refractivity contribution in [3.8, 4) is 11.1 Å². The molecule has 14 nitrogen and oxygen atoms in total. The predicted octanol–water partition coefficient (Wildman–Crippen LogP) is 8.28. The molecule has 1 saturated carbocycles. The van der Waals surface area contributed by atoms with E-state index < -0.39 is 24.3 Å². The summed E-state index contributed by atoms with van der Waals surface area (Å²) in [7, 11) is 2.61. The maximum Gasteiger partial charge on any atom is 0.407 e. The van der Waals surface area contributed by atoms with Gasteiger partial charge in [0.15, 0.2) is 0 Å². The monoisotopic (exact) mass is 826 g/mol. The number of methoxy groups -OCH3 is 2. The van der Waals surface area contributed by atoms with Gasteiger partial charge in [0.2, 0.25) is 11.8 Å². The molecule has 14 heteroatoms. The number of rotatable bonds is 9. The number of carbonyl (C=O) groups excluding carboxylic acids is 4. The maximum absolute atomic E-state index is 14.3. The standard InChI is InChI=1S/C47H54N8O6/c1-24(2)38(52-46(58)60-5)44(56)54-20-8-11-36(54)42-48-33-18-14-28-21-26(12-16-31(28)40(33)50-42)27-13-17-32-29(22-27)15-19-34-41(32)51-43(49-34)37-23-30-9-7-10-35(30)55(37)45(57)39(25(3)4)53-47(59)61-6/h12-19,21-22,24-25,30,35-39H,7-11,20,23H2,1-6H3,(H,48,50)(H,49,51)(H,52,58)(H,53,59)/t30-,35-,36-,37-,38-,39-/m0/s1. The number of likely N-dealkylation sites (tertiary alicyclic amines) is 2. The third kappa shape index (κ3) is 7.19.